The molecule has 78 valence electrons. The largest absolute Gasteiger partial charge is 0.302 e. The SMILES string of the molecule is O=S(=O)(F)CCc1ccc(F)cc1Cl. The minimum atomic E-state index is -4.50. The number of aryl methyl sites for hydroxylation is 1. The molecule has 1 rings (SSSR count). The lowest BCUT2D eigenvalue weighted by atomic mass is 10.2. The van der Waals surface area contributed by atoms with Crippen molar-refractivity contribution < 1.29 is 16.7 Å². The molecule has 0 aliphatic heterocycles. The number of hydrogen-bond acceptors (Lipinski definition) is 2. The van der Waals surface area contributed by atoms with Crippen LogP contribution in [0, 0.1) is 5.82 Å². The molecule has 0 spiro atoms. The molecule has 0 aliphatic rings. The molecule has 14 heavy (non-hydrogen) atoms. The van der Waals surface area contributed by atoms with Gasteiger partial charge in [-0.15, -0.1) is 3.89 Å². The van der Waals surface area contributed by atoms with Crippen molar-refractivity contribution in [3.8, 4) is 0 Å². The van der Waals surface area contributed by atoms with Crippen LogP contribution in [0.5, 0.6) is 0 Å². The molecule has 0 saturated carbocycles. The summed E-state index contributed by atoms with van der Waals surface area (Å²) >= 11 is 5.60. The third-order valence-corrected chi connectivity index (χ3v) is 2.67. The third kappa shape index (κ3) is 3.59. The van der Waals surface area contributed by atoms with E-state index in [1.54, 1.807) is 0 Å². The average molecular weight is 241 g/mol. The fourth-order valence-electron chi connectivity index (χ4n) is 0.956. The molecule has 1 aromatic rings. The zero-order chi connectivity index (χ0) is 10.8. The summed E-state index contributed by atoms with van der Waals surface area (Å²) in [4.78, 5) is 0. The van der Waals surface area contributed by atoms with Crippen LogP contribution in [0.2, 0.25) is 5.02 Å². The Morgan fingerprint density at radius 1 is 1.36 bits per heavy atom. The normalized spacial score (nSPS) is 11.6. The van der Waals surface area contributed by atoms with Gasteiger partial charge in [0.25, 0.3) is 0 Å². The second-order valence-electron chi connectivity index (χ2n) is 2.73. The molecule has 0 aromatic heterocycles. The predicted molar refractivity (Wildman–Crippen MR) is 50.0 cm³/mol. The van der Waals surface area contributed by atoms with Crippen molar-refractivity contribution in [1.82, 2.24) is 0 Å². The van der Waals surface area contributed by atoms with Gasteiger partial charge in [0.15, 0.2) is 0 Å². The van der Waals surface area contributed by atoms with Gasteiger partial charge >= 0.3 is 10.2 Å². The van der Waals surface area contributed by atoms with E-state index in [1.165, 1.54) is 6.07 Å². The van der Waals surface area contributed by atoms with Crippen LogP contribution in [0.4, 0.5) is 8.28 Å². The molecule has 0 heterocycles. The second-order valence-corrected chi connectivity index (χ2v) is 4.62. The highest BCUT2D eigenvalue weighted by atomic mass is 35.5. The highest BCUT2D eigenvalue weighted by Gasteiger charge is 2.09. The van der Waals surface area contributed by atoms with Crippen LogP contribution in [0.1, 0.15) is 5.56 Å². The van der Waals surface area contributed by atoms with Gasteiger partial charge in [0.2, 0.25) is 0 Å². The van der Waals surface area contributed by atoms with Crippen molar-refractivity contribution in [3.05, 3.63) is 34.6 Å². The van der Waals surface area contributed by atoms with Crippen LogP contribution >= 0.6 is 11.6 Å². The standard InChI is InChI=1S/C8H7ClF2O2S/c9-8-5-7(10)2-1-6(8)3-4-14(11,12)13/h1-2,5H,3-4H2. The Balaban J connectivity index is 2.78. The summed E-state index contributed by atoms with van der Waals surface area (Å²) in [6, 6.07) is 3.54. The minimum Gasteiger partial charge on any atom is -0.207 e. The van der Waals surface area contributed by atoms with Crippen molar-refractivity contribution in [2.75, 3.05) is 5.75 Å². The Hall–Kier alpha value is -0.680. The fourth-order valence-corrected chi connectivity index (χ4v) is 1.68. The lowest BCUT2D eigenvalue weighted by Gasteiger charge is -2.01. The van der Waals surface area contributed by atoms with Gasteiger partial charge in [0.05, 0.1) is 5.75 Å². The summed E-state index contributed by atoms with van der Waals surface area (Å²) in [5.74, 6) is -1.15. The van der Waals surface area contributed by atoms with Crippen LogP contribution in [0.3, 0.4) is 0 Å². The molecule has 0 bridgehead atoms. The molecule has 2 nitrogen and oxygen atoms in total. The van der Waals surface area contributed by atoms with E-state index in [0.717, 1.165) is 12.1 Å². The van der Waals surface area contributed by atoms with Gasteiger partial charge in [-0.25, -0.2) is 4.39 Å². The highest BCUT2D eigenvalue weighted by molar-refractivity contribution is 7.86. The molecule has 1 aromatic carbocycles. The summed E-state index contributed by atoms with van der Waals surface area (Å²) in [6.07, 6.45) is -0.0576. The Bertz CT molecular complexity index is 431. The summed E-state index contributed by atoms with van der Waals surface area (Å²) in [5, 5.41) is 0.105. The average Bonchev–Trinajstić information content (AvgIpc) is 2.00. The van der Waals surface area contributed by atoms with Gasteiger partial charge in [-0.1, -0.05) is 17.7 Å². The zero-order valence-electron chi connectivity index (χ0n) is 7.00. The van der Waals surface area contributed by atoms with Gasteiger partial charge in [-0.3, -0.25) is 0 Å². The molecular weight excluding hydrogens is 234 g/mol. The Morgan fingerprint density at radius 3 is 2.50 bits per heavy atom. The van der Waals surface area contributed by atoms with E-state index < -0.39 is 21.8 Å². The molecular formula is C8H7ClF2O2S. The summed E-state index contributed by atoms with van der Waals surface area (Å²) in [6.45, 7) is 0. The van der Waals surface area contributed by atoms with Gasteiger partial charge in [-0.05, 0) is 24.1 Å². The van der Waals surface area contributed by atoms with Crippen LogP contribution in [-0.4, -0.2) is 14.2 Å². The van der Waals surface area contributed by atoms with E-state index in [4.69, 9.17) is 11.6 Å². The Kier molecular flexibility index (Phi) is 3.44. The molecule has 0 fully saturated rings. The van der Waals surface area contributed by atoms with Crippen molar-refractivity contribution >= 4 is 21.8 Å². The maximum atomic E-state index is 12.5. The predicted octanol–water partition coefficient (Wildman–Crippen LogP) is 2.32. The first-order valence-electron chi connectivity index (χ1n) is 3.75. The maximum absolute atomic E-state index is 12.5. The maximum Gasteiger partial charge on any atom is 0.302 e. The molecule has 0 N–H and O–H groups in total. The molecule has 0 unspecified atom stereocenters. The van der Waals surface area contributed by atoms with Crippen molar-refractivity contribution in [2.24, 2.45) is 0 Å². The third-order valence-electron chi connectivity index (χ3n) is 1.63. The minimum absolute atomic E-state index is 0.0576. The monoisotopic (exact) mass is 240 g/mol. The lowest BCUT2D eigenvalue weighted by Crippen LogP contribution is -2.02. The summed E-state index contributed by atoms with van der Waals surface area (Å²) in [5.41, 5.74) is 0.411. The first-order chi connectivity index (χ1) is 6.38. The summed E-state index contributed by atoms with van der Waals surface area (Å²) in [7, 11) is -4.50. The van der Waals surface area contributed by atoms with E-state index in [2.05, 4.69) is 0 Å². The van der Waals surface area contributed by atoms with Gasteiger partial charge in [0, 0.05) is 5.02 Å². The number of rotatable bonds is 3. The van der Waals surface area contributed by atoms with Crippen LogP contribution in [0.25, 0.3) is 0 Å². The van der Waals surface area contributed by atoms with Crippen LogP contribution < -0.4 is 0 Å². The van der Waals surface area contributed by atoms with E-state index in [0.29, 0.717) is 5.56 Å². The topological polar surface area (TPSA) is 34.1 Å². The lowest BCUT2D eigenvalue weighted by molar-refractivity contribution is 0.551. The summed E-state index contributed by atoms with van der Waals surface area (Å²) < 4.78 is 45.1. The number of halogens is 3. The van der Waals surface area contributed by atoms with E-state index >= 15 is 0 Å². The molecule has 0 atom stereocenters. The fraction of sp³-hybridized carbons (Fsp3) is 0.250. The number of hydrogen-bond donors (Lipinski definition) is 0. The molecule has 0 saturated heterocycles. The van der Waals surface area contributed by atoms with Crippen molar-refractivity contribution in [1.29, 1.82) is 0 Å². The number of benzene rings is 1. The zero-order valence-corrected chi connectivity index (χ0v) is 8.58. The second kappa shape index (κ2) is 4.23. The van der Waals surface area contributed by atoms with Crippen molar-refractivity contribution in [3.63, 3.8) is 0 Å². The van der Waals surface area contributed by atoms with E-state index in [1.807, 2.05) is 0 Å². The molecule has 6 heteroatoms. The van der Waals surface area contributed by atoms with Crippen LogP contribution in [0.15, 0.2) is 18.2 Å². The molecule has 0 amide bonds. The first-order valence-corrected chi connectivity index (χ1v) is 5.68. The molecule has 0 radical (unpaired) electrons. The quantitative estimate of drug-likeness (QED) is 0.760. The van der Waals surface area contributed by atoms with Crippen LogP contribution in [-0.2, 0) is 16.6 Å². The van der Waals surface area contributed by atoms with Gasteiger partial charge < -0.3 is 0 Å². The van der Waals surface area contributed by atoms with Crippen molar-refractivity contribution in [2.45, 2.75) is 6.42 Å². The Morgan fingerprint density at radius 2 is 2.00 bits per heavy atom. The van der Waals surface area contributed by atoms with E-state index in [9.17, 15) is 16.7 Å². The van der Waals surface area contributed by atoms with Gasteiger partial charge in [-0.2, -0.15) is 8.42 Å². The highest BCUT2D eigenvalue weighted by Crippen LogP contribution is 2.18. The molecule has 0 aliphatic carbocycles. The first kappa shape index (κ1) is 11.4. The van der Waals surface area contributed by atoms with Gasteiger partial charge in [0.1, 0.15) is 5.82 Å². The van der Waals surface area contributed by atoms with E-state index in [-0.39, 0.29) is 11.4 Å². The smallest absolute Gasteiger partial charge is 0.207 e. The Labute approximate surface area is 85.7 Å².